The van der Waals surface area contributed by atoms with Gasteiger partial charge >= 0.3 is 5.97 Å². The van der Waals surface area contributed by atoms with Gasteiger partial charge in [-0.3, -0.25) is 9.10 Å². The molecule has 1 amide bonds. The van der Waals surface area contributed by atoms with Crippen molar-refractivity contribution in [1.82, 2.24) is 0 Å². The second-order valence-corrected chi connectivity index (χ2v) is 11.2. The summed E-state index contributed by atoms with van der Waals surface area (Å²) < 4.78 is 36.7. The fourth-order valence-electron chi connectivity index (χ4n) is 4.05. The van der Waals surface area contributed by atoms with Crippen LogP contribution in [0.5, 0.6) is 5.75 Å². The first-order valence-electron chi connectivity index (χ1n) is 10.2. The Labute approximate surface area is 195 Å². The number of carbonyl (C=O) groups excluding carboxylic acids is 2. The lowest BCUT2D eigenvalue weighted by atomic mass is 9.95. The quantitative estimate of drug-likeness (QED) is 0.646. The fraction of sp³-hybridized carbons (Fsp3) is 0.429. The van der Waals surface area contributed by atoms with Gasteiger partial charge in [-0.05, 0) is 49.4 Å². The van der Waals surface area contributed by atoms with Crippen molar-refractivity contribution in [3.63, 3.8) is 0 Å². The average Bonchev–Trinajstić information content (AvgIpc) is 2.98. The van der Waals surface area contributed by atoms with Crippen LogP contribution in [0.4, 0.5) is 10.7 Å². The molecule has 32 heavy (non-hydrogen) atoms. The van der Waals surface area contributed by atoms with Gasteiger partial charge in [0.2, 0.25) is 10.0 Å². The molecule has 8 nitrogen and oxygen atoms in total. The summed E-state index contributed by atoms with van der Waals surface area (Å²) in [6.07, 6.45) is 3.91. The third-order valence-corrected chi connectivity index (χ3v) is 8.17. The van der Waals surface area contributed by atoms with Gasteiger partial charge in [0.15, 0.2) is 6.10 Å². The molecule has 1 atom stereocenters. The molecule has 1 aliphatic heterocycles. The predicted octanol–water partition coefficient (Wildman–Crippen LogP) is 3.62. The molecule has 2 aromatic rings. The Kier molecular flexibility index (Phi) is 6.37. The first-order valence-corrected chi connectivity index (χ1v) is 13.2. The third kappa shape index (κ3) is 4.44. The maximum absolute atomic E-state index is 13.2. The maximum Gasteiger partial charge on any atom is 0.341 e. The molecule has 1 aromatic heterocycles. The van der Waals surface area contributed by atoms with Crippen LogP contribution in [0.15, 0.2) is 18.2 Å². The number of halogens is 1. The van der Waals surface area contributed by atoms with Gasteiger partial charge in [0.25, 0.3) is 5.91 Å². The van der Waals surface area contributed by atoms with Gasteiger partial charge in [-0.2, -0.15) is 0 Å². The molecule has 1 unspecified atom stereocenters. The Balaban J connectivity index is 1.63. The number of carbonyl (C=O) groups is 2. The summed E-state index contributed by atoms with van der Waals surface area (Å²) in [7, 11) is -2.29. The number of aryl methyl sites for hydroxylation is 1. The van der Waals surface area contributed by atoms with Crippen LogP contribution >= 0.6 is 22.9 Å². The van der Waals surface area contributed by atoms with E-state index in [-0.39, 0.29) is 24.4 Å². The average molecular weight is 499 g/mol. The molecule has 2 heterocycles. The number of fused-ring (bicyclic) bond motifs is 2. The van der Waals surface area contributed by atoms with Crippen LogP contribution in [0.2, 0.25) is 5.02 Å². The topological polar surface area (TPSA) is 102 Å². The third-order valence-electron chi connectivity index (χ3n) is 5.54. The number of ether oxygens (including phenoxy) is 2. The van der Waals surface area contributed by atoms with Gasteiger partial charge in [0.1, 0.15) is 10.8 Å². The van der Waals surface area contributed by atoms with Crippen molar-refractivity contribution >= 4 is 55.5 Å². The number of anilines is 2. The van der Waals surface area contributed by atoms with Crippen LogP contribution in [0.3, 0.4) is 0 Å². The number of hydrogen-bond donors (Lipinski definition) is 1. The van der Waals surface area contributed by atoms with Gasteiger partial charge in [-0.1, -0.05) is 11.6 Å². The van der Waals surface area contributed by atoms with Crippen molar-refractivity contribution in [2.45, 2.75) is 38.2 Å². The standard InChI is InChI=1S/C21H23ClN2O6S2/c1-29-21(26)18-13-5-3-4-6-17(13)31-20(18)23-19(25)16-9-10-24(32(2,27)28)14-11-12(22)7-8-15(14)30-16/h7-8,11,16H,3-6,9-10H2,1-2H3,(H,23,25). The summed E-state index contributed by atoms with van der Waals surface area (Å²) >= 11 is 7.45. The Morgan fingerprint density at radius 3 is 2.75 bits per heavy atom. The van der Waals surface area contributed by atoms with E-state index >= 15 is 0 Å². The van der Waals surface area contributed by atoms with Crippen molar-refractivity contribution in [1.29, 1.82) is 0 Å². The summed E-state index contributed by atoms with van der Waals surface area (Å²) in [5.74, 6) is -0.689. The van der Waals surface area contributed by atoms with E-state index in [0.717, 1.165) is 42.4 Å². The minimum Gasteiger partial charge on any atom is -0.478 e. The first-order chi connectivity index (χ1) is 15.2. The zero-order chi connectivity index (χ0) is 23.0. The summed E-state index contributed by atoms with van der Waals surface area (Å²) in [4.78, 5) is 26.7. The van der Waals surface area contributed by atoms with E-state index in [1.807, 2.05) is 0 Å². The molecule has 0 saturated carbocycles. The van der Waals surface area contributed by atoms with Crippen LogP contribution in [0, 0.1) is 0 Å². The molecule has 1 aromatic carbocycles. The number of sulfonamides is 1. The molecule has 2 aliphatic rings. The molecule has 0 saturated heterocycles. The highest BCUT2D eigenvalue weighted by molar-refractivity contribution is 7.92. The minimum atomic E-state index is -3.61. The molecule has 0 radical (unpaired) electrons. The van der Waals surface area contributed by atoms with Crippen LogP contribution in [0.1, 0.15) is 40.1 Å². The second kappa shape index (κ2) is 8.92. The van der Waals surface area contributed by atoms with E-state index in [1.165, 1.54) is 28.8 Å². The monoisotopic (exact) mass is 498 g/mol. The van der Waals surface area contributed by atoms with Crippen LogP contribution < -0.4 is 14.4 Å². The molecular formula is C21H23ClN2O6S2. The second-order valence-electron chi connectivity index (χ2n) is 7.74. The van der Waals surface area contributed by atoms with Gasteiger partial charge in [0.05, 0.1) is 24.6 Å². The molecule has 1 N–H and O–H groups in total. The lowest BCUT2D eigenvalue weighted by Gasteiger charge is -2.21. The number of methoxy groups -OCH3 is 1. The van der Waals surface area contributed by atoms with Gasteiger partial charge in [-0.25, -0.2) is 13.2 Å². The molecule has 0 fully saturated rings. The van der Waals surface area contributed by atoms with Crippen molar-refractivity contribution in [3.05, 3.63) is 39.2 Å². The Morgan fingerprint density at radius 1 is 1.28 bits per heavy atom. The fourth-order valence-corrected chi connectivity index (χ4v) is 6.43. The van der Waals surface area contributed by atoms with E-state index in [1.54, 1.807) is 12.1 Å². The van der Waals surface area contributed by atoms with E-state index in [9.17, 15) is 18.0 Å². The zero-order valence-electron chi connectivity index (χ0n) is 17.6. The maximum atomic E-state index is 13.2. The lowest BCUT2D eigenvalue weighted by molar-refractivity contribution is -0.122. The van der Waals surface area contributed by atoms with Crippen LogP contribution in [0.25, 0.3) is 0 Å². The number of amides is 1. The Hall–Kier alpha value is -2.30. The Bertz CT molecular complexity index is 1180. The summed E-state index contributed by atoms with van der Waals surface area (Å²) in [6, 6.07) is 4.62. The van der Waals surface area contributed by atoms with Crippen molar-refractivity contribution in [2.75, 3.05) is 29.5 Å². The number of nitrogens with zero attached hydrogens (tertiary/aromatic N) is 1. The number of benzene rings is 1. The molecule has 4 rings (SSSR count). The SMILES string of the molecule is COC(=O)c1c(NC(=O)C2CCN(S(C)(=O)=O)c3cc(Cl)ccc3O2)sc2c1CCCC2. The van der Waals surface area contributed by atoms with Crippen LogP contribution in [-0.2, 0) is 32.4 Å². The largest absolute Gasteiger partial charge is 0.478 e. The predicted molar refractivity (Wildman–Crippen MR) is 124 cm³/mol. The molecule has 1 aliphatic carbocycles. The molecule has 11 heteroatoms. The smallest absolute Gasteiger partial charge is 0.341 e. The van der Waals surface area contributed by atoms with E-state index < -0.39 is 28.0 Å². The first kappa shape index (κ1) is 22.9. The number of thiophene rings is 1. The van der Waals surface area contributed by atoms with Gasteiger partial charge in [-0.15, -0.1) is 11.3 Å². The van der Waals surface area contributed by atoms with Crippen molar-refractivity contribution < 1.29 is 27.5 Å². The molecule has 0 spiro atoms. The zero-order valence-corrected chi connectivity index (χ0v) is 20.0. The normalized spacial score (nSPS) is 18.1. The molecular weight excluding hydrogens is 476 g/mol. The number of rotatable bonds is 4. The van der Waals surface area contributed by atoms with Crippen LogP contribution in [-0.4, -0.2) is 46.3 Å². The molecule has 0 bridgehead atoms. The highest BCUT2D eigenvalue weighted by Gasteiger charge is 2.33. The van der Waals surface area contributed by atoms with E-state index in [2.05, 4.69) is 5.32 Å². The lowest BCUT2D eigenvalue weighted by Crippen LogP contribution is -2.36. The van der Waals surface area contributed by atoms with Crippen molar-refractivity contribution in [3.8, 4) is 5.75 Å². The molecule has 172 valence electrons. The number of esters is 1. The van der Waals surface area contributed by atoms with E-state index in [4.69, 9.17) is 21.1 Å². The summed E-state index contributed by atoms with van der Waals surface area (Å²) in [5, 5.41) is 3.64. The number of hydrogen-bond acceptors (Lipinski definition) is 7. The minimum absolute atomic E-state index is 0.0507. The Morgan fingerprint density at radius 2 is 2.03 bits per heavy atom. The summed E-state index contributed by atoms with van der Waals surface area (Å²) in [6.45, 7) is 0.0507. The van der Waals surface area contributed by atoms with Gasteiger partial charge in [0, 0.05) is 22.9 Å². The summed E-state index contributed by atoms with van der Waals surface area (Å²) in [5.41, 5.74) is 1.63. The van der Waals surface area contributed by atoms with Crippen molar-refractivity contribution in [2.24, 2.45) is 0 Å². The highest BCUT2D eigenvalue weighted by atomic mass is 35.5. The highest BCUT2D eigenvalue weighted by Crippen LogP contribution is 2.40. The van der Waals surface area contributed by atoms with Gasteiger partial charge < -0.3 is 14.8 Å². The van der Waals surface area contributed by atoms with E-state index in [0.29, 0.717) is 15.6 Å². The number of nitrogens with one attached hydrogen (secondary N) is 1.